The lowest BCUT2D eigenvalue weighted by atomic mass is 10.2. The number of hydrogen-bond donors (Lipinski definition) is 2. The summed E-state index contributed by atoms with van der Waals surface area (Å²) in [6.07, 6.45) is 3.28. The molecule has 1 aromatic carbocycles. The monoisotopic (exact) mass is 452 g/mol. The Morgan fingerprint density at radius 3 is 2.18 bits per heavy atom. The highest BCUT2D eigenvalue weighted by molar-refractivity contribution is 5.89. The number of nitrogens with two attached hydrogens (primary N) is 1. The van der Waals surface area contributed by atoms with Crippen LogP contribution >= 0.6 is 0 Å². The van der Waals surface area contributed by atoms with E-state index in [2.05, 4.69) is 26.8 Å². The molecule has 0 unspecified atom stereocenters. The molecule has 0 fully saturated rings. The Morgan fingerprint density at radius 2 is 1.67 bits per heavy atom. The second kappa shape index (κ2) is 10.8. The van der Waals surface area contributed by atoms with E-state index in [9.17, 15) is 25.0 Å². The normalized spacial score (nSPS) is 9.52. The van der Waals surface area contributed by atoms with Gasteiger partial charge in [0.1, 0.15) is 11.4 Å². The molecular weight excluding hydrogens is 436 g/mol. The second-order valence-corrected chi connectivity index (χ2v) is 6.17. The number of aryl methyl sites for hydroxylation is 1. The zero-order chi connectivity index (χ0) is 24.5. The lowest BCUT2D eigenvalue weighted by molar-refractivity contribution is -0.394. The van der Waals surface area contributed by atoms with Crippen LogP contribution in [0.5, 0.6) is 5.75 Å². The van der Waals surface area contributed by atoms with Gasteiger partial charge in [0, 0.05) is 29.6 Å². The molecule has 3 rings (SSSR count). The lowest BCUT2D eigenvalue weighted by Crippen LogP contribution is -2.00. The minimum atomic E-state index is -1.46. The summed E-state index contributed by atoms with van der Waals surface area (Å²) in [4.78, 5) is 41.4. The van der Waals surface area contributed by atoms with E-state index in [1.807, 2.05) is 6.92 Å². The number of anilines is 1. The maximum Gasteiger partial charge on any atom is 0.336 e. The molecule has 0 aliphatic carbocycles. The van der Waals surface area contributed by atoms with Crippen LogP contribution in [0.2, 0.25) is 0 Å². The maximum absolute atomic E-state index is 10.5. The van der Waals surface area contributed by atoms with Crippen molar-refractivity contribution in [2.45, 2.75) is 6.92 Å². The molecule has 0 atom stereocenters. The molecule has 0 spiro atoms. The summed E-state index contributed by atoms with van der Waals surface area (Å²) >= 11 is 0. The van der Waals surface area contributed by atoms with Gasteiger partial charge in [-0.25, -0.2) is 14.8 Å². The quantitative estimate of drug-likeness (QED) is 0.334. The fraction of sp³-hybridized carbons (Fsp3) is 0.100. The van der Waals surface area contributed by atoms with Crippen molar-refractivity contribution >= 4 is 23.3 Å². The first-order chi connectivity index (χ1) is 15.6. The number of carbonyl (C=O) groups is 1. The Labute approximate surface area is 186 Å². The van der Waals surface area contributed by atoms with Crippen LogP contribution in [0.25, 0.3) is 0 Å². The third kappa shape index (κ3) is 7.26. The molecule has 3 N–H and O–H groups in total. The summed E-state index contributed by atoms with van der Waals surface area (Å²) in [5.41, 5.74) is 5.94. The number of carboxylic acid groups (broad SMARTS) is 1. The van der Waals surface area contributed by atoms with E-state index in [1.165, 1.54) is 0 Å². The fourth-order valence-electron chi connectivity index (χ4n) is 2.32. The number of nitrogens with zero attached hydrogens (tertiary/aromatic N) is 5. The first kappa shape index (κ1) is 24.2. The number of benzene rings is 1. The molecule has 0 saturated heterocycles. The number of rotatable bonds is 4. The van der Waals surface area contributed by atoms with Gasteiger partial charge >= 0.3 is 5.97 Å². The van der Waals surface area contributed by atoms with Gasteiger partial charge in [-0.15, -0.1) is 0 Å². The van der Waals surface area contributed by atoms with Gasteiger partial charge in [0.15, 0.2) is 0 Å². The molecule has 2 heterocycles. The summed E-state index contributed by atoms with van der Waals surface area (Å²) in [7, 11) is 1.59. The maximum atomic E-state index is 10.5. The molecule has 13 nitrogen and oxygen atoms in total. The molecule has 0 aliphatic rings. The van der Waals surface area contributed by atoms with Crippen molar-refractivity contribution in [3.8, 4) is 17.6 Å². The first-order valence-corrected chi connectivity index (χ1v) is 8.88. The Kier molecular flexibility index (Phi) is 7.88. The predicted molar refractivity (Wildman–Crippen MR) is 115 cm³/mol. The number of nitro benzene ring substituents is 2. The molecular formula is C20H16N6O7. The third-order valence-electron chi connectivity index (χ3n) is 3.73. The molecule has 33 heavy (non-hydrogen) atoms. The Balaban J connectivity index is 0.000000238. The van der Waals surface area contributed by atoms with E-state index >= 15 is 0 Å². The molecule has 0 radical (unpaired) electrons. The molecule has 0 amide bonds. The Bertz CT molecular complexity index is 1180. The smallest absolute Gasteiger partial charge is 0.336 e. The summed E-state index contributed by atoms with van der Waals surface area (Å²) in [6, 6.07) is 5.80. The van der Waals surface area contributed by atoms with Crippen LogP contribution in [0, 0.1) is 39.0 Å². The number of carboxylic acids is 1. The van der Waals surface area contributed by atoms with Crippen molar-refractivity contribution in [1.29, 1.82) is 0 Å². The van der Waals surface area contributed by atoms with Crippen molar-refractivity contribution in [3.63, 3.8) is 0 Å². The van der Waals surface area contributed by atoms with Crippen molar-refractivity contribution in [2.75, 3.05) is 12.8 Å². The number of non-ortho nitro benzene ring substituents is 2. The van der Waals surface area contributed by atoms with Gasteiger partial charge in [-0.3, -0.25) is 25.2 Å². The van der Waals surface area contributed by atoms with E-state index in [1.54, 1.807) is 31.6 Å². The number of pyridine rings is 1. The summed E-state index contributed by atoms with van der Waals surface area (Å²) in [5.74, 6) is 5.30. The topological polar surface area (TPSA) is 198 Å². The standard InChI is InChI=1S/C13H12N4O.C7H4N2O6/c1-9-5-11(17-13(14)16-9)4-3-10-6-12(18-2)8-15-7-10;10-7(11)4-1-5(8(12)13)3-6(2-4)9(14)15/h5-8H,1-2H3,(H2,14,16,17);1-3H,(H,10,11). The van der Waals surface area contributed by atoms with Gasteiger partial charge in [-0.1, -0.05) is 5.92 Å². The zero-order valence-corrected chi connectivity index (χ0v) is 17.3. The van der Waals surface area contributed by atoms with Crippen molar-refractivity contribution in [1.82, 2.24) is 15.0 Å². The molecule has 0 aliphatic heterocycles. The highest BCUT2D eigenvalue weighted by atomic mass is 16.6. The number of ether oxygens (including phenoxy) is 1. The largest absolute Gasteiger partial charge is 0.495 e. The van der Waals surface area contributed by atoms with Gasteiger partial charge in [0.05, 0.1) is 34.8 Å². The van der Waals surface area contributed by atoms with E-state index in [0.717, 1.165) is 23.4 Å². The third-order valence-corrected chi connectivity index (χ3v) is 3.73. The van der Waals surface area contributed by atoms with Crippen molar-refractivity contribution in [3.05, 3.63) is 85.5 Å². The molecule has 13 heteroatoms. The van der Waals surface area contributed by atoms with Gasteiger partial charge in [0.2, 0.25) is 5.95 Å². The van der Waals surface area contributed by atoms with Crippen LogP contribution in [0.1, 0.15) is 27.3 Å². The summed E-state index contributed by atoms with van der Waals surface area (Å²) < 4.78 is 5.07. The van der Waals surface area contributed by atoms with Crippen LogP contribution in [0.4, 0.5) is 17.3 Å². The highest BCUT2D eigenvalue weighted by Gasteiger charge is 2.19. The van der Waals surface area contributed by atoms with Crippen LogP contribution in [-0.2, 0) is 0 Å². The van der Waals surface area contributed by atoms with Gasteiger partial charge in [-0.2, -0.15) is 0 Å². The lowest BCUT2D eigenvalue weighted by Gasteiger charge is -1.98. The number of hydrogen-bond acceptors (Lipinski definition) is 10. The molecule has 3 aromatic rings. The average Bonchev–Trinajstić information content (AvgIpc) is 2.77. The summed E-state index contributed by atoms with van der Waals surface area (Å²) in [6.45, 7) is 1.84. The molecule has 168 valence electrons. The van der Waals surface area contributed by atoms with Crippen molar-refractivity contribution < 1.29 is 24.5 Å². The van der Waals surface area contributed by atoms with Crippen LogP contribution < -0.4 is 10.5 Å². The number of nitrogen functional groups attached to an aromatic ring is 1. The highest BCUT2D eigenvalue weighted by Crippen LogP contribution is 2.22. The van der Waals surface area contributed by atoms with Crippen LogP contribution in [-0.4, -0.2) is 43.0 Å². The van der Waals surface area contributed by atoms with Gasteiger partial charge in [0.25, 0.3) is 11.4 Å². The molecule has 2 aromatic heterocycles. The molecule has 0 saturated carbocycles. The first-order valence-electron chi connectivity index (χ1n) is 8.88. The van der Waals surface area contributed by atoms with Crippen LogP contribution in [0.3, 0.4) is 0 Å². The number of aromatic nitrogens is 3. The minimum Gasteiger partial charge on any atom is -0.495 e. The van der Waals surface area contributed by atoms with E-state index in [-0.39, 0.29) is 5.95 Å². The van der Waals surface area contributed by atoms with Crippen molar-refractivity contribution in [2.24, 2.45) is 0 Å². The Hall–Kier alpha value is -5.12. The van der Waals surface area contributed by atoms with Gasteiger partial charge in [-0.05, 0) is 25.0 Å². The zero-order valence-electron chi connectivity index (χ0n) is 17.3. The van der Waals surface area contributed by atoms with E-state index < -0.39 is 32.8 Å². The van der Waals surface area contributed by atoms with Crippen LogP contribution in [0.15, 0.2) is 42.7 Å². The second-order valence-electron chi connectivity index (χ2n) is 6.17. The average molecular weight is 452 g/mol. The number of methoxy groups -OCH3 is 1. The molecule has 0 bridgehead atoms. The Morgan fingerprint density at radius 1 is 1.03 bits per heavy atom. The fourth-order valence-corrected chi connectivity index (χ4v) is 2.32. The van der Waals surface area contributed by atoms with Gasteiger partial charge < -0.3 is 15.6 Å². The van der Waals surface area contributed by atoms with E-state index in [4.69, 9.17) is 15.6 Å². The number of aromatic carboxylic acids is 1. The minimum absolute atomic E-state index is 0.225. The SMILES string of the molecule is COc1cncc(C#Cc2cc(C)nc(N)n2)c1.O=C(O)c1cc([N+](=O)[O-])cc([N+](=O)[O-])c1. The summed E-state index contributed by atoms with van der Waals surface area (Å²) in [5, 5.41) is 29.2. The number of nitro groups is 2. The van der Waals surface area contributed by atoms with E-state index in [0.29, 0.717) is 17.5 Å². The predicted octanol–water partition coefficient (Wildman–Crippen LogP) is 2.37.